The summed E-state index contributed by atoms with van der Waals surface area (Å²) in [5.74, 6) is 1.02. The Kier molecular flexibility index (Phi) is 2.14. The second-order valence-corrected chi connectivity index (χ2v) is 4.39. The number of piperidine rings is 2. The fraction of sp³-hybridized carbons (Fsp3) is 0.727. The van der Waals surface area contributed by atoms with Gasteiger partial charge in [0.25, 0.3) is 0 Å². The molecule has 0 bridgehead atoms. The summed E-state index contributed by atoms with van der Waals surface area (Å²) in [5, 5.41) is 0. The Morgan fingerprint density at radius 1 is 1.38 bits per heavy atom. The van der Waals surface area contributed by atoms with E-state index in [4.69, 9.17) is 0 Å². The summed E-state index contributed by atoms with van der Waals surface area (Å²) in [6.07, 6.45) is 4.06. The molecule has 0 aliphatic carbocycles. The number of hydrogen-bond acceptors (Lipinski definition) is 1. The molecule has 1 amide bonds. The van der Waals surface area contributed by atoms with E-state index in [1.54, 1.807) is 0 Å². The molecule has 2 aliphatic rings. The van der Waals surface area contributed by atoms with Crippen LogP contribution in [0, 0.1) is 5.92 Å². The molecule has 0 saturated carbocycles. The third-order valence-corrected chi connectivity index (χ3v) is 3.38. The van der Waals surface area contributed by atoms with Crippen molar-refractivity contribution in [2.75, 3.05) is 6.54 Å². The zero-order valence-electron chi connectivity index (χ0n) is 8.25. The lowest BCUT2D eigenvalue weighted by molar-refractivity contribution is -0.139. The summed E-state index contributed by atoms with van der Waals surface area (Å²) < 4.78 is 0. The maximum atomic E-state index is 11.6. The standard InChI is InChI=1S/C11H17NO/c1-8-3-5-10-9(2)4-6-11(13)12(10)7-8/h9-10H,1,3-7H2,2H3/t9-,10+/m1/s1. The highest BCUT2D eigenvalue weighted by atomic mass is 16.2. The highest BCUT2D eigenvalue weighted by Crippen LogP contribution is 2.32. The summed E-state index contributed by atoms with van der Waals surface area (Å²) >= 11 is 0. The summed E-state index contributed by atoms with van der Waals surface area (Å²) in [6, 6.07) is 0.506. The van der Waals surface area contributed by atoms with E-state index in [0.717, 1.165) is 32.2 Å². The third-order valence-electron chi connectivity index (χ3n) is 3.38. The Balaban J connectivity index is 2.15. The lowest BCUT2D eigenvalue weighted by Crippen LogP contribution is -2.50. The molecule has 2 atom stereocenters. The fourth-order valence-corrected chi connectivity index (χ4v) is 2.50. The van der Waals surface area contributed by atoms with Crippen molar-refractivity contribution in [2.24, 2.45) is 5.92 Å². The molecule has 0 spiro atoms. The van der Waals surface area contributed by atoms with Crippen LogP contribution in [0.15, 0.2) is 12.2 Å². The fourth-order valence-electron chi connectivity index (χ4n) is 2.50. The zero-order chi connectivity index (χ0) is 9.42. The average molecular weight is 179 g/mol. The SMILES string of the molecule is C=C1CC[C@H]2[C@H](C)CCC(=O)N2C1. The maximum Gasteiger partial charge on any atom is 0.223 e. The number of carbonyl (C=O) groups is 1. The zero-order valence-corrected chi connectivity index (χ0v) is 8.25. The Labute approximate surface area is 79.6 Å². The van der Waals surface area contributed by atoms with Gasteiger partial charge in [0.05, 0.1) is 0 Å². The van der Waals surface area contributed by atoms with Gasteiger partial charge in [-0.2, -0.15) is 0 Å². The smallest absolute Gasteiger partial charge is 0.223 e. The number of fused-ring (bicyclic) bond motifs is 1. The number of carbonyl (C=O) groups excluding carboxylic acids is 1. The van der Waals surface area contributed by atoms with E-state index in [0.29, 0.717) is 17.9 Å². The van der Waals surface area contributed by atoms with Crippen molar-refractivity contribution in [3.8, 4) is 0 Å². The van der Waals surface area contributed by atoms with E-state index in [-0.39, 0.29) is 0 Å². The van der Waals surface area contributed by atoms with Crippen LogP contribution in [-0.2, 0) is 4.79 Å². The highest BCUT2D eigenvalue weighted by Gasteiger charge is 2.35. The summed E-state index contributed by atoms with van der Waals surface area (Å²) in [7, 11) is 0. The topological polar surface area (TPSA) is 20.3 Å². The average Bonchev–Trinajstić information content (AvgIpc) is 2.12. The molecule has 2 heterocycles. The van der Waals surface area contributed by atoms with Crippen LogP contribution >= 0.6 is 0 Å². The summed E-state index contributed by atoms with van der Waals surface area (Å²) in [5.41, 5.74) is 1.22. The number of rotatable bonds is 0. The van der Waals surface area contributed by atoms with Crippen LogP contribution in [0.5, 0.6) is 0 Å². The minimum Gasteiger partial charge on any atom is -0.335 e. The molecule has 0 radical (unpaired) electrons. The van der Waals surface area contributed by atoms with E-state index in [2.05, 4.69) is 13.5 Å². The predicted molar refractivity (Wildman–Crippen MR) is 52.3 cm³/mol. The van der Waals surface area contributed by atoms with Crippen molar-refractivity contribution in [1.29, 1.82) is 0 Å². The molecule has 0 aromatic carbocycles. The van der Waals surface area contributed by atoms with Crippen molar-refractivity contribution in [3.05, 3.63) is 12.2 Å². The van der Waals surface area contributed by atoms with Crippen molar-refractivity contribution < 1.29 is 4.79 Å². The van der Waals surface area contributed by atoms with E-state index >= 15 is 0 Å². The molecule has 0 aromatic rings. The molecule has 0 unspecified atom stereocenters. The van der Waals surface area contributed by atoms with Gasteiger partial charge in [0.15, 0.2) is 0 Å². The Hall–Kier alpha value is -0.790. The Morgan fingerprint density at radius 3 is 2.92 bits per heavy atom. The van der Waals surface area contributed by atoms with E-state index in [1.807, 2.05) is 4.90 Å². The molecule has 0 aromatic heterocycles. The first kappa shape index (κ1) is 8.79. The van der Waals surface area contributed by atoms with Crippen LogP contribution < -0.4 is 0 Å². The van der Waals surface area contributed by atoms with Gasteiger partial charge >= 0.3 is 0 Å². The monoisotopic (exact) mass is 179 g/mol. The summed E-state index contributed by atoms with van der Waals surface area (Å²) in [4.78, 5) is 13.6. The van der Waals surface area contributed by atoms with Crippen molar-refractivity contribution in [2.45, 2.75) is 38.6 Å². The van der Waals surface area contributed by atoms with Crippen LogP contribution in [0.25, 0.3) is 0 Å². The van der Waals surface area contributed by atoms with Crippen LogP contribution in [-0.4, -0.2) is 23.4 Å². The first-order chi connectivity index (χ1) is 6.18. The van der Waals surface area contributed by atoms with E-state index < -0.39 is 0 Å². The normalized spacial score (nSPS) is 34.7. The number of amides is 1. The molecular formula is C11H17NO. The molecule has 2 nitrogen and oxygen atoms in total. The Bertz CT molecular complexity index is 246. The highest BCUT2D eigenvalue weighted by molar-refractivity contribution is 5.77. The molecular weight excluding hydrogens is 162 g/mol. The molecule has 72 valence electrons. The Morgan fingerprint density at radius 2 is 2.15 bits per heavy atom. The van der Waals surface area contributed by atoms with Crippen LogP contribution in [0.1, 0.15) is 32.6 Å². The second kappa shape index (κ2) is 3.17. The van der Waals surface area contributed by atoms with Crippen LogP contribution in [0.3, 0.4) is 0 Å². The van der Waals surface area contributed by atoms with Crippen LogP contribution in [0.4, 0.5) is 0 Å². The third kappa shape index (κ3) is 1.50. The van der Waals surface area contributed by atoms with Gasteiger partial charge < -0.3 is 4.90 Å². The maximum absolute atomic E-state index is 11.6. The van der Waals surface area contributed by atoms with E-state index in [9.17, 15) is 4.79 Å². The van der Waals surface area contributed by atoms with Gasteiger partial charge in [-0.1, -0.05) is 19.1 Å². The molecule has 2 fully saturated rings. The van der Waals surface area contributed by atoms with E-state index in [1.165, 1.54) is 5.57 Å². The lowest BCUT2D eigenvalue weighted by atomic mass is 9.83. The van der Waals surface area contributed by atoms with Gasteiger partial charge in [-0.25, -0.2) is 0 Å². The van der Waals surface area contributed by atoms with Crippen molar-refractivity contribution in [1.82, 2.24) is 4.90 Å². The first-order valence-corrected chi connectivity index (χ1v) is 5.14. The number of hydrogen-bond donors (Lipinski definition) is 0. The molecule has 2 aliphatic heterocycles. The first-order valence-electron chi connectivity index (χ1n) is 5.14. The van der Waals surface area contributed by atoms with Gasteiger partial charge in [-0.3, -0.25) is 4.79 Å². The molecule has 2 saturated heterocycles. The molecule has 2 heteroatoms. The van der Waals surface area contributed by atoms with Gasteiger partial charge in [0.2, 0.25) is 5.91 Å². The predicted octanol–water partition coefficient (Wildman–Crippen LogP) is 1.96. The molecule has 13 heavy (non-hydrogen) atoms. The number of nitrogens with zero attached hydrogens (tertiary/aromatic N) is 1. The quantitative estimate of drug-likeness (QED) is 0.520. The van der Waals surface area contributed by atoms with Gasteiger partial charge in [-0.05, 0) is 25.2 Å². The van der Waals surface area contributed by atoms with Gasteiger partial charge in [0, 0.05) is 19.0 Å². The minimum absolute atomic E-state index is 0.337. The van der Waals surface area contributed by atoms with Crippen molar-refractivity contribution in [3.63, 3.8) is 0 Å². The molecule has 2 rings (SSSR count). The minimum atomic E-state index is 0.337. The summed E-state index contributed by atoms with van der Waals surface area (Å²) in [6.45, 7) is 7.05. The molecule has 0 N–H and O–H groups in total. The van der Waals surface area contributed by atoms with Gasteiger partial charge in [-0.15, -0.1) is 0 Å². The second-order valence-electron chi connectivity index (χ2n) is 4.39. The largest absolute Gasteiger partial charge is 0.335 e. The van der Waals surface area contributed by atoms with Crippen LogP contribution in [0.2, 0.25) is 0 Å². The lowest BCUT2D eigenvalue weighted by Gasteiger charge is -2.43. The van der Waals surface area contributed by atoms with Crippen molar-refractivity contribution >= 4 is 5.91 Å². The van der Waals surface area contributed by atoms with Gasteiger partial charge in [0.1, 0.15) is 0 Å².